The summed E-state index contributed by atoms with van der Waals surface area (Å²) in [5.41, 5.74) is 6.89. The Labute approximate surface area is 202 Å². The molecule has 0 unspecified atom stereocenters. The van der Waals surface area contributed by atoms with Crippen LogP contribution >= 0.6 is 11.6 Å². The normalized spacial score (nSPS) is 16.1. The lowest BCUT2D eigenvalue weighted by Crippen LogP contribution is -2.49. The molecule has 8 nitrogen and oxygen atoms in total. The van der Waals surface area contributed by atoms with Crippen molar-refractivity contribution in [2.24, 2.45) is 5.92 Å². The number of amides is 1. The van der Waals surface area contributed by atoms with E-state index in [-0.39, 0.29) is 5.91 Å². The zero-order chi connectivity index (χ0) is 23.8. The van der Waals surface area contributed by atoms with Crippen molar-refractivity contribution < 1.29 is 14.3 Å². The van der Waals surface area contributed by atoms with Crippen molar-refractivity contribution in [1.82, 2.24) is 14.9 Å². The number of methoxy groups -OCH3 is 2. The van der Waals surface area contributed by atoms with E-state index in [1.165, 1.54) is 23.3 Å². The summed E-state index contributed by atoms with van der Waals surface area (Å²) in [6, 6.07) is 9.66. The van der Waals surface area contributed by atoms with Crippen LogP contribution in [0.5, 0.6) is 11.5 Å². The summed E-state index contributed by atoms with van der Waals surface area (Å²) >= 11 is 5.60. The maximum Gasteiger partial charge on any atom is 0.228 e. The number of rotatable bonds is 5. The summed E-state index contributed by atoms with van der Waals surface area (Å²) in [7, 11) is 3.17. The number of halogens is 1. The zero-order valence-corrected chi connectivity index (χ0v) is 20.1. The first-order valence-electron chi connectivity index (χ1n) is 11.5. The zero-order valence-electron chi connectivity index (χ0n) is 19.4. The second kappa shape index (κ2) is 9.18. The molecule has 0 radical (unpaired) electrons. The van der Waals surface area contributed by atoms with Crippen molar-refractivity contribution in [3.63, 3.8) is 0 Å². The minimum atomic E-state index is 0.271. The van der Waals surface area contributed by atoms with Gasteiger partial charge >= 0.3 is 0 Å². The number of fused-ring (bicyclic) bond motifs is 1. The van der Waals surface area contributed by atoms with E-state index in [0.717, 1.165) is 10.4 Å². The highest BCUT2D eigenvalue weighted by atomic mass is 35.5. The number of anilines is 2. The molecule has 3 aliphatic carbocycles. The van der Waals surface area contributed by atoms with E-state index in [4.69, 9.17) is 26.8 Å². The molecule has 1 aromatic heterocycles. The van der Waals surface area contributed by atoms with Gasteiger partial charge in [0.2, 0.25) is 11.9 Å². The van der Waals surface area contributed by atoms with E-state index >= 15 is 0 Å². The summed E-state index contributed by atoms with van der Waals surface area (Å²) in [5, 5.41) is 4.19. The molecule has 9 heteroatoms. The van der Waals surface area contributed by atoms with E-state index in [1.807, 2.05) is 23.1 Å². The average Bonchev–Trinajstić information content (AvgIpc) is 3.66. The molecule has 1 aliphatic heterocycles. The second-order valence-electron chi connectivity index (χ2n) is 8.84. The lowest BCUT2D eigenvalue weighted by Gasteiger charge is -2.35. The smallest absolute Gasteiger partial charge is 0.228 e. The molecule has 2 aromatic rings. The van der Waals surface area contributed by atoms with Crippen LogP contribution in [0.4, 0.5) is 11.8 Å². The SMILES string of the molecule is COc1cc2nc(N3CCN(C(=O)CC4CC4)CC3)nc(N)c2cc1OC.Clc1cc2ccc1=2. The number of hydrogen-bond acceptors (Lipinski definition) is 7. The van der Waals surface area contributed by atoms with E-state index in [9.17, 15) is 4.79 Å². The number of piperazine rings is 1. The van der Waals surface area contributed by atoms with Gasteiger partial charge < -0.3 is 25.0 Å². The molecule has 1 amide bonds. The van der Waals surface area contributed by atoms with E-state index in [0.29, 0.717) is 67.3 Å². The Kier molecular flexibility index (Phi) is 6.08. The summed E-state index contributed by atoms with van der Waals surface area (Å²) in [6.45, 7) is 2.79. The Morgan fingerprint density at radius 1 is 1.06 bits per heavy atom. The van der Waals surface area contributed by atoms with Crippen molar-refractivity contribution in [2.75, 3.05) is 51.0 Å². The van der Waals surface area contributed by atoms with Crippen molar-refractivity contribution in [2.45, 2.75) is 19.3 Å². The van der Waals surface area contributed by atoms with Gasteiger partial charge in [-0.2, -0.15) is 4.98 Å². The van der Waals surface area contributed by atoms with Crippen LogP contribution in [0.25, 0.3) is 10.9 Å². The number of hydrogen-bond donors (Lipinski definition) is 1. The van der Waals surface area contributed by atoms with Crippen molar-refractivity contribution in [3.8, 4) is 11.5 Å². The van der Waals surface area contributed by atoms with Crippen LogP contribution in [0, 0.1) is 16.4 Å². The third kappa shape index (κ3) is 4.42. The molecule has 0 atom stereocenters. The molecule has 4 aliphatic rings. The van der Waals surface area contributed by atoms with Crippen LogP contribution in [0.1, 0.15) is 19.3 Å². The van der Waals surface area contributed by atoms with E-state index < -0.39 is 0 Å². The lowest BCUT2D eigenvalue weighted by atomic mass is 10.1. The molecule has 178 valence electrons. The molecule has 2 N–H and O–H groups in total. The average molecular weight is 482 g/mol. The number of benzene rings is 2. The fourth-order valence-electron chi connectivity index (χ4n) is 4.20. The largest absolute Gasteiger partial charge is 0.493 e. The summed E-state index contributed by atoms with van der Waals surface area (Å²) in [4.78, 5) is 25.5. The summed E-state index contributed by atoms with van der Waals surface area (Å²) in [6.07, 6.45) is 3.09. The first-order chi connectivity index (χ1) is 16.5. The quantitative estimate of drug-likeness (QED) is 0.465. The molecule has 34 heavy (non-hydrogen) atoms. The molecule has 0 bridgehead atoms. The molecule has 2 heterocycles. The number of nitrogens with zero attached hydrogens (tertiary/aromatic N) is 4. The Hall–Kier alpha value is -3.26. The minimum absolute atomic E-state index is 0.271. The van der Waals surface area contributed by atoms with Crippen LogP contribution < -0.4 is 20.1 Å². The first kappa shape index (κ1) is 22.5. The van der Waals surface area contributed by atoms with Crippen LogP contribution in [0.15, 0.2) is 30.3 Å². The molecule has 1 aromatic carbocycles. The van der Waals surface area contributed by atoms with Gasteiger partial charge in [-0.05, 0) is 36.1 Å². The number of carbonyl (C=O) groups is 1. The van der Waals surface area contributed by atoms with Gasteiger partial charge in [-0.3, -0.25) is 4.79 Å². The standard InChI is InChI=1S/C19H25N5O3.C6H3Cl/c1-26-15-10-13-14(11-16(15)27-2)21-19(22-18(13)20)24-7-5-23(6-8-24)17(25)9-12-3-4-12;7-6-3-4-1-2-5(4)6/h10-12H,3-9H2,1-2H3,(H2,20,21,22);1-3H. The monoisotopic (exact) mass is 481 g/mol. The van der Waals surface area contributed by atoms with Gasteiger partial charge in [0.1, 0.15) is 5.82 Å². The lowest BCUT2D eigenvalue weighted by molar-refractivity contribution is -0.131. The number of nitrogen functional groups attached to an aromatic ring is 1. The summed E-state index contributed by atoms with van der Waals surface area (Å²) in [5.74, 6) is 3.07. The molecule has 1 saturated heterocycles. The fraction of sp³-hybridized carbons (Fsp3) is 0.400. The third-order valence-corrected chi connectivity index (χ3v) is 6.89. The van der Waals surface area contributed by atoms with Crippen molar-refractivity contribution >= 4 is 40.2 Å². The van der Waals surface area contributed by atoms with Gasteiger partial charge in [0, 0.05) is 54.3 Å². The van der Waals surface area contributed by atoms with Crippen molar-refractivity contribution in [3.05, 3.63) is 45.8 Å². The molecule has 6 rings (SSSR count). The van der Waals surface area contributed by atoms with Gasteiger partial charge in [0.25, 0.3) is 0 Å². The highest BCUT2D eigenvalue weighted by Gasteiger charge is 2.29. The Bertz CT molecular complexity index is 1340. The minimum Gasteiger partial charge on any atom is -0.493 e. The van der Waals surface area contributed by atoms with E-state index in [2.05, 4.69) is 20.9 Å². The van der Waals surface area contributed by atoms with Gasteiger partial charge in [0.05, 0.1) is 19.7 Å². The topological polar surface area (TPSA) is 93.8 Å². The first-order valence-corrected chi connectivity index (χ1v) is 11.9. The van der Waals surface area contributed by atoms with Gasteiger partial charge in [-0.1, -0.05) is 23.7 Å². The van der Waals surface area contributed by atoms with Crippen LogP contribution in [0.3, 0.4) is 0 Å². The third-order valence-electron chi connectivity index (χ3n) is 6.57. The van der Waals surface area contributed by atoms with Crippen LogP contribution in [-0.4, -0.2) is 61.2 Å². The van der Waals surface area contributed by atoms with Crippen LogP contribution in [0.2, 0.25) is 5.02 Å². The van der Waals surface area contributed by atoms with Crippen LogP contribution in [-0.2, 0) is 4.79 Å². The molecule has 2 fully saturated rings. The number of ether oxygens (including phenoxy) is 2. The molecular weight excluding hydrogens is 454 g/mol. The fourth-order valence-corrected chi connectivity index (χ4v) is 4.49. The number of carbonyl (C=O) groups excluding carboxylic acids is 1. The van der Waals surface area contributed by atoms with Gasteiger partial charge in [-0.25, -0.2) is 4.98 Å². The molecule has 1 saturated carbocycles. The molecular formula is C25H28ClN5O3. The maximum absolute atomic E-state index is 12.3. The molecule has 0 spiro atoms. The van der Waals surface area contributed by atoms with Crippen molar-refractivity contribution in [1.29, 1.82) is 0 Å². The number of aromatic nitrogens is 2. The van der Waals surface area contributed by atoms with Gasteiger partial charge in [-0.15, -0.1) is 0 Å². The second-order valence-corrected chi connectivity index (χ2v) is 9.25. The number of nitrogens with two attached hydrogens (primary N) is 1. The maximum atomic E-state index is 12.3. The highest BCUT2D eigenvalue weighted by Crippen LogP contribution is 2.35. The Balaban J connectivity index is 0.000000290. The highest BCUT2D eigenvalue weighted by molar-refractivity contribution is 6.31. The Morgan fingerprint density at radius 3 is 2.26 bits per heavy atom. The van der Waals surface area contributed by atoms with E-state index in [1.54, 1.807) is 20.3 Å². The predicted molar refractivity (Wildman–Crippen MR) is 132 cm³/mol. The van der Waals surface area contributed by atoms with Gasteiger partial charge in [0.15, 0.2) is 11.5 Å². The summed E-state index contributed by atoms with van der Waals surface area (Å²) < 4.78 is 10.7. The predicted octanol–water partition coefficient (Wildman–Crippen LogP) is 3.62. The Morgan fingerprint density at radius 2 is 1.76 bits per heavy atom.